The maximum Gasteiger partial charge on any atom is 0.281 e. The predicted octanol–water partition coefficient (Wildman–Crippen LogP) is 6.03. The van der Waals surface area contributed by atoms with E-state index in [1.165, 1.54) is 17.7 Å². The van der Waals surface area contributed by atoms with Gasteiger partial charge in [0, 0.05) is 5.92 Å². The number of carbonyl (C=O) groups excluding carboxylic acids is 1. The summed E-state index contributed by atoms with van der Waals surface area (Å²) in [6.07, 6.45) is 5.11. The first kappa shape index (κ1) is 21.1. The number of hydrogen-bond donors (Lipinski definition) is 0. The molecule has 1 amide bonds. The van der Waals surface area contributed by atoms with Crippen molar-refractivity contribution in [3.05, 3.63) is 107 Å². The molecule has 4 nitrogen and oxygen atoms in total. The first-order valence-corrected chi connectivity index (χ1v) is 11.3. The Morgan fingerprint density at radius 2 is 1.70 bits per heavy atom. The van der Waals surface area contributed by atoms with Crippen LogP contribution in [0.1, 0.15) is 36.4 Å². The van der Waals surface area contributed by atoms with Gasteiger partial charge in [0.15, 0.2) is 18.2 Å². The minimum atomic E-state index is -0.487. The fourth-order valence-electron chi connectivity index (χ4n) is 4.71. The summed E-state index contributed by atoms with van der Waals surface area (Å²) in [7, 11) is 0. The van der Waals surface area contributed by atoms with Crippen molar-refractivity contribution >= 4 is 17.7 Å². The van der Waals surface area contributed by atoms with Crippen LogP contribution in [0.5, 0.6) is 5.75 Å². The number of hydrogen-bond acceptors (Lipinski definition) is 3. The second kappa shape index (κ2) is 9.41. The molecule has 2 atom stereocenters. The minimum Gasteiger partial charge on any atom is -0.481 e. The SMILES string of the molecule is O=C(COc1ccccc1F)N1N=C2/C(=C/c3ccccc3)CCC[C@H]2[C@H]1c1ccccc1. The molecule has 1 saturated carbocycles. The lowest BCUT2D eigenvalue weighted by Crippen LogP contribution is -2.34. The third-order valence-corrected chi connectivity index (χ3v) is 6.23. The van der Waals surface area contributed by atoms with E-state index in [9.17, 15) is 9.18 Å². The van der Waals surface area contributed by atoms with E-state index < -0.39 is 5.82 Å². The average molecular weight is 441 g/mol. The lowest BCUT2D eigenvalue weighted by Gasteiger charge is -2.29. The maximum atomic E-state index is 14.0. The Kier molecular flexibility index (Phi) is 6.03. The number of allylic oxidation sites excluding steroid dienone is 1. The largest absolute Gasteiger partial charge is 0.481 e. The number of halogens is 1. The van der Waals surface area contributed by atoms with E-state index in [2.05, 4.69) is 18.2 Å². The van der Waals surface area contributed by atoms with Gasteiger partial charge >= 0.3 is 0 Å². The van der Waals surface area contributed by atoms with Crippen molar-refractivity contribution in [1.82, 2.24) is 5.01 Å². The van der Waals surface area contributed by atoms with Crippen LogP contribution in [0.15, 0.2) is 95.6 Å². The summed E-state index contributed by atoms with van der Waals surface area (Å²) in [6.45, 7) is -0.272. The van der Waals surface area contributed by atoms with Gasteiger partial charge in [-0.2, -0.15) is 5.10 Å². The monoisotopic (exact) mass is 440 g/mol. The third kappa shape index (κ3) is 4.44. The van der Waals surface area contributed by atoms with Crippen LogP contribution in [-0.4, -0.2) is 23.2 Å². The van der Waals surface area contributed by atoms with Gasteiger partial charge in [-0.1, -0.05) is 72.8 Å². The van der Waals surface area contributed by atoms with Crippen LogP contribution in [0.4, 0.5) is 4.39 Å². The zero-order chi connectivity index (χ0) is 22.6. The molecule has 5 heteroatoms. The molecule has 2 aliphatic rings. The smallest absolute Gasteiger partial charge is 0.281 e. The van der Waals surface area contributed by atoms with Gasteiger partial charge in [0.2, 0.25) is 0 Å². The first-order chi connectivity index (χ1) is 16.2. The molecule has 1 aliphatic heterocycles. The summed E-state index contributed by atoms with van der Waals surface area (Å²) in [5, 5.41) is 6.39. The third-order valence-electron chi connectivity index (χ3n) is 6.23. The number of benzene rings is 3. The summed E-state index contributed by atoms with van der Waals surface area (Å²) < 4.78 is 19.5. The lowest BCUT2D eigenvalue weighted by atomic mass is 9.77. The number of ether oxygens (including phenoxy) is 1. The highest BCUT2D eigenvalue weighted by Gasteiger charge is 2.43. The molecule has 5 rings (SSSR count). The molecule has 1 aliphatic carbocycles. The van der Waals surface area contributed by atoms with Crippen LogP contribution in [0.25, 0.3) is 6.08 Å². The van der Waals surface area contributed by atoms with Crippen LogP contribution < -0.4 is 4.74 Å². The van der Waals surface area contributed by atoms with E-state index in [1.54, 1.807) is 17.1 Å². The Balaban J connectivity index is 1.46. The molecule has 166 valence electrons. The molecule has 0 saturated heterocycles. The van der Waals surface area contributed by atoms with E-state index >= 15 is 0 Å². The second-order valence-electron chi connectivity index (χ2n) is 8.38. The highest BCUT2D eigenvalue weighted by atomic mass is 19.1. The molecule has 1 fully saturated rings. The fourth-order valence-corrected chi connectivity index (χ4v) is 4.71. The van der Waals surface area contributed by atoms with Crippen LogP contribution in [-0.2, 0) is 4.79 Å². The van der Waals surface area contributed by atoms with Crippen molar-refractivity contribution in [2.75, 3.05) is 6.61 Å². The van der Waals surface area contributed by atoms with Gasteiger partial charge in [-0.25, -0.2) is 9.40 Å². The quantitative estimate of drug-likeness (QED) is 0.486. The Bertz CT molecular complexity index is 1190. The van der Waals surface area contributed by atoms with Crippen LogP contribution >= 0.6 is 0 Å². The second-order valence-corrected chi connectivity index (χ2v) is 8.38. The Labute approximate surface area is 193 Å². The highest BCUT2D eigenvalue weighted by Crippen LogP contribution is 2.44. The lowest BCUT2D eigenvalue weighted by molar-refractivity contribution is -0.135. The fraction of sp³-hybridized carbons (Fsp3) is 0.214. The Morgan fingerprint density at radius 3 is 2.45 bits per heavy atom. The molecule has 3 aromatic rings. The number of amides is 1. The number of rotatable bonds is 5. The van der Waals surface area contributed by atoms with Gasteiger partial charge in [-0.15, -0.1) is 0 Å². The molecule has 0 N–H and O–H groups in total. The average Bonchev–Trinajstić information content (AvgIpc) is 3.25. The van der Waals surface area contributed by atoms with Crippen molar-refractivity contribution in [2.45, 2.75) is 25.3 Å². The van der Waals surface area contributed by atoms with Crippen molar-refractivity contribution < 1.29 is 13.9 Å². The summed E-state index contributed by atoms with van der Waals surface area (Å²) in [6, 6.07) is 26.1. The zero-order valence-corrected chi connectivity index (χ0v) is 18.2. The van der Waals surface area contributed by atoms with E-state index in [1.807, 2.05) is 48.5 Å². The van der Waals surface area contributed by atoms with Gasteiger partial charge in [-0.05, 0) is 54.2 Å². The molecular formula is C28H25FN2O2. The Hall–Kier alpha value is -3.73. The van der Waals surface area contributed by atoms with Crippen LogP contribution in [0.2, 0.25) is 0 Å². The van der Waals surface area contributed by atoms with Gasteiger partial charge in [0.05, 0.1) is 11.8 Å². The summed E-state index contributed by atoms with van der Waals surface area (Å²) >= 11 is 0. The first-order valence-electron chi connectivity index (χ1n) is 11.3. The molecule has 0 aromatic heterocycles. The maximum absolute atomic E-state index is 14.0. The number of para-hydroxylation sites is 1. The topological polar surface area (TPSA) is 41.9 Å². The summed E-state index contributed by atoms with van der Waals surface area (Å²) in [5.74, 6) is -0.586. The molecule has 0 bridgehead atoms. The Morgan fingerprint density at radius 1 is 1.00 bits per heavy atom. The van der Waals surface area contributed by atoms with Gasteiger partial charge in [0.1, 0.15) is 0 Å². The summed E-state index contributed by atoms with van der Waals surface area (Å²) in [4.78, 5) is 13.3. The number of nitrogens with zero attached hydrogens (tertiary/aromatic N) is 2. The number of fused-ring (bicyclic) bond motifs is 1. The van der Waals surface area contributed by atoms with E-state index in [-0.39, 0.29) is 30.2 Å². The van der Waals surface area contributed by atoms with Crippen LogP contribution in [0.3, 0.4) is 0 Å². The van der Waals surface area contributed by atoms with Crippen molar-refractivity contribution in [3.63, 3.8) is 0 Å². The van der Waals surface area contributed by atoms with E-state index in [0.717, 1.165) is 36.1 Å². The molecule has 0 spiro atoms. The molecule has 0 unspecified atom stereocenters. The van der Waals surface area contributed by atoms with Gasteiger partial charge in [-0.3, -0.25) is 4.79 Å². The van der Waals surface area contributed by atoms with Crippen LogP contribution in [0, 0.1) is 11.7 Å². The van der Waals surface area contributed by atoms with Crippen molar-refractivity contribution in [2.24, 2.45) is 11.0 Å². The van der Waals surface area contributed by atoms with E-state index in [0.29, 0.717) is 0 Å². The summed E-state index contributed by atoms with van der Waals surface area (Å²) in [5.41, 5.74) is 4.31. The minimum absolute atomic E-state index is 0.0658. The molecule has 33 heavy (non-hydrogen) atoms. The molecular weight excluding hydrogens is 415 g/mol. The van der Waals surface area contributed by atoms with Crippen molar-refractivity contribution in [3.8, 4) is 5.75 Å². The number of hydrazone groups is 1. The van der Waals surface area contributed by atoms with Gasteiger partial charge in [0.25, 0.3) is 5.91 Å². The number of carbonyl (C=O) groups is 1. The van der Waals surface area contributed by atoms with Gasteiger partial charge < -0.3 is 4.74 Å². The van der Waals surface area contributed by atoms with E-state index in [4.69, 9.17) is 9.84 Å². The van der Waals surface area contributed by atoms with Crippen molar-refractivity contribution in [1.29, 1.82) is 0 Å². The molecule has 3 aromatic carbocycles. The predicted molar refractivity (Wildman–Crippen MR) is 127 cm³/mol. The standard InChI is InChI=1S/C28H25FN2O2/c29-24-16-7-8-17-25(24)33-19-26(32)31-28(21-12-5-2-6-13-21)23-15-9-14-22(27(23)30-31)18-20-10-3-1-4-11-20/h1-8,10-13,16-18,23,28H,9,14-15,19H2/b22-18+/t23-,28-/m1/s1. The highest BCUT2D eigenvalue weighted by molar-refractivity contribution is 6.08. The normalized spacial score (nSPS) is 20.9. The molecule has 1 heterocycles. The molecule has 0 radical (unpaired) electrons. The zero-order valence-electron chi connectivity index (χ0n) is 18.2.